The molecule has 3 heteroatoms. The van der Waals surface area contributed by atoms with Crippen LogP contribution in [0.3, 0.4) is 0 Å². The first kappa shape index (κ1) is 12.0. The molecule has 98 valence electrons. The normalized spacial score (nSPS) is 14.3. The minimum absolute atomic E-state index is 0.244. The fourth-order valence-corrected chi connectivity index (χ4v) is 2.70. The second-order valence-corrected chi connectivity index (χ2v) is 5.04. The maximum Gasteiger partial charge on any atom is 0.128 e. The van der Waals surface area contributed by atoms with Crippen molar-refractivity contribution in [2.24, 2.45) is 0 Å². The molecule has 19 heavy (non-hydrogen) atoms. The lowest BCUT2D eigenvalue weighted by Crippen LogP contribution is -2.25. The van der Waals surface area contributed by atoms with Gasteiger partial charge in [0.2, 0.25) is 0 Å². The molecule has 1 heterocycles. The van der Waals surface area contributed by atoms with Gasteiger partial charge in [-0.3, -0.25) is 0 Å². The second-order valence-electron chi connectivity index (χ2n) is 5.04. The summed E-state index contributed by atoms with van der Waals surface area (Å²) in [5.74, 6) is -0.244. The minimum atomic E-state index is -0.244. The molecule has 0 fully saturated rings. The maximum atomic E-state index is 13.5. The van der Waals surface area contributed by atoms with Crippen LogP contribution >= 0.6 is 0 Å². The number of nitrogens with two attached hydrogens (primary N) is 1. The maximum absolute atomic E-state index is 13.5. The molecule has 0 aromatic heterocycles. The molecule has 2 nitrogen and oxygen atoms in total. The summed E-state index contributed by atoms with van der Waals surface area (Å²) in [5.41, 5.74) is 10.6. The van der Waals surface area contributed by atoms with Gasteiger partial charge in [0.1, 0.15) is 5.82 Å². The number of nitrogens with zero attached hydrogens (tertiary/aromatic N) is 1. The molecule has 1 aliphatic heterocycles. The Bertz CT molecular complexity index is 622. The lowest BCUT2D eigenvalue weighted by Gasteiger charge is -2.32. The van der Waals surface area contributed by atoms with Gasteiger partial charge in [0.15, 0.2) is 0 Å². The van der Waals surface area contributed by atoms with E-state index in [4.69, 9.17) is 5.73 Å². The number of benzene rings is 2. The van der Waals surface area contributed by atoms with Gasteiger partial charge >= 0.3 is 0 Å². The van der Waals surface area contributed by atoms with Crippen molar-refractivity contribution in [1.82, 2.24) is 0 Å². The van der Waals surface area contributed by atoms with Gasteiger partial charge in [-0.15, -0.1) is 0 Å². The summed E-state index contributed by atoms with van der Waals surface area (Å²) in [5, 5.41) is 0. The molecule has 0 radical (unpaired) electrons. The number of fused-ring (bicyclic) bond motifs is 1. The minimum Gasteiger partial charge on any atom is -0.397 e. The number of hydrogen-bond donors (Lipinski definition) is 1. The molecular formula is C16H17FN2. The van der Waals surface area contributed by atoms with Crippen LogP contribution in [0.2, 0.25) is 0 Å². The summed E-state index contributed by atoms with van der Waals surface area (Å²) in [6.45, 7) is 2.69. The zero-order chi connectivity index (χ0) is 13.4. The van der Waals surface area contributed by atoms with E-state index in [1.54, 1.807) is 6.92 Å². The Morgan fingerprint density at radius 2 is 1.95 bits per heavy atom. The van der Waals surface area contributed by atoms with Gasteiger partial charge in [0, 0.05) is 12.2 Å². The van der Waals surface area contributed by atoms with Crippen molar-refractivity contribution in [3.8, 4) is 0 Å². The number of halogens is 1. The summed E-state index contributed by atoms with van der Waals surface area (Å²) >= 11 is 0. The molecule has 2 aromatic rings. The van der Waals surface area contributed by atoms with Crippen LogP contribution in [0.15, 0.2) is 36.4 Å². The lowest BCUT2D eigenvalue weighted by atomic mass is 10.0. The Hall–Kier alpha value is -2.03. The molecule has 0 bridgehead atoms. The van der Waals surface area contributed by atoms with Gasteiger partial charge < -0.3 is 10.6 Å². The lowest BCUT2D eigenvalue weighted by molar-refractivity contribution is 0.619. The van der Waals surface area contributed by atoms with Gasteiger partial charge in [-0.1, -0.05) is 18.2 Å². The Labute approximate surface area is 112 Å². The molecule has 2 N–H and O–H groups in total. The SMILES string of the molecule is Cc1cc(N2CCCc3ccccc32)c(N)cc1F. The third-order valence-corrected chi connectivity index (χ3v) is 3.71. The van der Waals surface area contributed by atoms with Crippen molar-refractivity contribution in [2.45, 2.75) is 19.8 Å². The Balaban J connectivity index is 2.11. The van der Waals surface area contributed by atoms with Crippen LogP contribution in [-0.2, 0) is 6.42 Å². The average molecular weight is 256 g/mol. The molecule has 1 aliphatic rings. The number of hydrogen-bond acceptors (Lipinski definition) is 2. The summed E-state index contributed by atoms with van der Waals surface area (Å²) in [7, 11) is 0. The van der Waals surface area contributed by atoms with E-state index in [9.17, 15) is 4.39 Å². The highest BCUT2D eigenvalue weighted by Gasteiger charge is 2.20. The Kier molecular flexibility index (Phi) is 2.90. The third kappa shape index (κ3) is 2.05. The fraction of sp³-hybridized carbons (Fsp3) is 0.250. The summed E-state index contributed by atoms with van der Waals surface area (Å²) in [6.07, 6.45) is 2.18. The van der Waals surface area contributed by atoms with Crippen molar-refractivity contribution in [1.29, 1.82) is 0 Å². The summed E-state index contributed by atoms with van der Waals surface area (Å²) in [4.78, 5) is 2.20. The number of para-hydroxylation sites is 1. The average Bonchev–Trinajstić information content (AvgIpc) is 2.42. The Morgan fingerprint density at radius 3 is 2.79 bits per heavy atom. The van der Waals surface area contributed by atoms with E-state index in [1.807, 2.05) is 12.1 Å². The van der Waals surface area contributed by atoms with Crippen molar-refractivity contribution < 1.29 is 4.39 Å². The van der Waals surface area contributed by atoms with Crippen LogP contribution in [0.5, 0.6) is 0 Å². The summed E-state index contributed by atoms with van der Waals surface area (Å²) < 4.78 is 13.5. The Morgan fingerprint density at radius 1 is 1.16 bits per heavy atom. The van der Waals surface area contributed by atoms with Crippen molar-refractivity contribution >= 4 is 17.1 Å². The molecule has 0 saturated heterocycles. The van der Waals surface area contributed by atoms with Gasteiger partial charge in [0.25, 0.3) is 0 Å². The fourth-order valence-electron chi connectivity index (χ4n) is 2.70. The van der Waals surface area contributed by atoms with Gasteiger partial charge in [-0.05, 0) is 49.1 Å². The van der Waals surface area contributed by atoms with E-state index in [2.05, 4.69) is 23.1 Å². The zero-order valence-corrected chi connectivity index (χ0v) is 11.0. The molecule has 0 atom stereocenters. The van der Waals surface area contributed by atoms with Crippen molar-refractivity contribution in [2.75, 3.05) is 17.2 Å². The standard InChI is InChI=1S/C16H17FN2/c1-11-9-16(14(18)10-13(11)17)19-8-4-6-12-5-2-3-7-15(12)19/h2-3,5,7,9-10H,4,6,8,18H2,1H3. The van der Waals surface area contributed by atoms with Crippen LogP contribution in [0.1, 0.15) is 17.5 Å². The number of rotatable bonds is 1. The second kappa shape index (κ2) is 4.57. The van der Waals surface area contributed by atoms with E-state index >= 15 is 0 Å². The quantitative estimate of drug-likeness (QED) is 0.786. The van der Waals surface area contributed by atoms with Crippen molar-refractivity contribution in [3.63, 3.8) is 0 Å². The molecule has 2 aromatic carbocycles. The van der Waals surface area contributed by atoms with E-state index in [0.717, 1.165) is 25.1 Å². The highest BCUT2D eigenvalue weighted by molar-refractivity contribution is 5.77. The monoisotopic (exact) mass is 256 g/mol. The van der Waals surface area contributed by atoms with Crippen LogP contribution < -0.4 is 10.6 Å². The van der Waals surface area contributed by atoms with Gasteiger partial charge in [0.05, 0.1) is 11.4 Å². The predicted molar refractivity (Wildman–Crippen MR) is 77.3 cm³/mol. The molecular weight excluding hydrogens is 239 g/mol. The zero-order valence-electron chi connectivity index (χ0n) is 11.0. The van der Waals surface area contributed by atoms with Crippen molar-refractivity contribution in [3.05, 3.63) is 53.3 Å². The smallest absolute Gasteiger partial charge is 0.128 e. The van der Waals surface area contributed by atoms with E-state index < -0.39 is 0 Å². The van der Waals surface area contributed by atoms with Crippen LogP contribution in [0.4, 0.5) is 21.5 Å². The van der Waals surface area contributed by atoms with Crippen LogP contribution in [0, 0.1) is 12.7 Å². The molecule has 0 spiro atoms. The number of aryl methyl sites for hydroxylation is 2. The highest BCUT2D eigenvalue weighted by atomic mass is 19.1. The van der Waals surface area contributed by atoms with E-state index in [0.29, 0.717) is 11.3 Å². The number of anilines is 3. The van der Waals surface area contributed by atoms with E-state index in [1.165, 1.54) is 17.3 Å². The molecule has 0 aliphatic carbocycles. The van der Waals surface area contributed by atoms with Crippen LogP contribution in [-0.4, -0.2) is 6.54 Å². The van der Waals surface area contributed by atoms with E-state index in [-0.39, 0.29) is 5.82 Å². The predicted octanol–water partition coefficient (Wildman–Crippen LogP) is 3.80. The first-order valence-electron chi connectivity index (χ1n) is 6.58. The largest absolute Gasteiger partial charge is 0.397 e. The van der Waals surface area contributed by atoms with Gasteiger partial charge in [-0.25, -0.2) is 4.39 Å². The third-order valence-electron chi connectivity index (χ3n) is 3.71. The molecule has 0 saturated carbocycles. The number of nitrogen functional groups attached to an aromatic ring is 1. The first-order valence-corrected chi connectivity index (χ1v) is 6.58. The molecule has 0 unspecified atom stereocenters. The van der Waals surface area contributed by atoms with Crippen LogP contribution in [0.25, 0.3) is 0 Å². The topological polar surface area (TPSA) is 29.3 Å². The molecule has 3 rings (SSSR count). The molecule has 0 amide bonds. The summed E-state index contributed by atoms with van der Waals surface area (Å²) in [6, 6.07) is 11.6. The highest BCUT2D eigenvalue weighted by Crippen LogP contribution is 2.37. The first-order chi connectivity index (χ1) is 9.16. The van der Waals surface area contributed by atoms with Gasteiger partial charge in [-0.2, -0.15) is 0 Å².